The minimum atomic E-state index is -1.12. The highest BCUT2D eigenvalue weighted by atomic mass is 19.1. The number of rotatable bonds is 1. The van der Waals surface area contributed by atoms with Gasteiger partial charge < -0.3 is 14.4 Å². The van der Waals surface area contributed by atoms with Crippen LogP contribution in [0.5, 0.6) is 0 Å². The van der Waals surface area contributed by atoms with Crippen LogP contribution in [0.25, 0.3) is 0 Å². The molecule has 1 amide bonds. The van der Waals surface area contributed by atoms with Crippen LogP contribution in [0.2, 0.25) is 0 Å². The van der Waals surface area contributed by atoms with Gasteiger partial charge in [0.15, 0.2) is 0 Å². The topological polar surface area (TPSA) is 38.8 Å². The maximum absolute atomic E-state index is 13.3. The summed E-state index contributed by atoms with van der Waals surface area (Å²) in [6.45, 7) is 5.64. The molecule has 4 nitrogen and oxygen atoms in total. The second-order valence-electron chi connectivity index (χ2n) is 4.68. The number of hydrogen-bond donors (Lipinski definition) is 0. The van der Waals surface area contributed by atoms with Crippen molar-refractivity contribution in [1.82, 2.24) is 4.90 Å². The van der Waals surface area contributed by atoms with Gasteiger partial charge in [-0.15, -0.1) is 0 Å². The third kappa shape index (κ3) is 3.34. The molecule has 0 spiro atoms. The van der Waals surface area contributed by atoms with Crippen molar-refractivity contribution in [3.63, 3.8) is 0 Å². The van der Waals surface area contributed by atoms with Gasteiger partial charge in [0, 0.05) is 7.11 Å². The Balaban J connectivity index is 2.50. The standard InChI is InChI=1S/C10H18FNO3/c1-10(2,3)15-9(13)12-5-7(11)8(6-12)14-4/h7-8H,5-6H2,1-4H3/t7-,8-/m1/s1. The molecule has 0 aromatic carbocycles. The Morgan fingerprint density at radius 3 is 2.40 bits per heavy atom. The third-order valence-corrected chi connectivity index (χ3v) is 2.15. The van der Waals surface area contributed by atoms with E-state index in [2.05, 4.69) is 0 Å². The average Bonchev–Trinajstić information content (AvgIpc) is 2.43. The summed E-state index contributed by atoms with van der Waals surface area (Å²) in [6, 6.07) is 0. The predicted octanol–water partition coefficient (Wildman–Crippen LogP) is 1.59. The molecule has 1 aliphatic heterocycles. The number of methoxy groups -OCH3 is 1. The van der Waals surface area contributed by atoms with Crippen LogP contribution >= 0.6 is 0 Å². The fourth-order valence-corrected chi connectivity index (χ4v) is 1.43. The van der Waals surface area contributed by atoms with Crippen LogP contribution in [-0.2, 0) is 9.47 Å². The fraction of sp³-hybridized carbons (Fsp3) is 0.900. The van der Waals surface area contributed by atoms with E-state index in [4.69, 9.17) is 9.47 Å². The first-order valence-corrected chi connectivity index (χ1v) is 4.98. The molecule has 5 heteroatoms. The molecule has 1 fully saturated rings. The molecule has 1 saturated heterocycles. The number of amides is 1. The number of hydrogen-bond acceptors (Lipinski definition) is 3. The molecule has 0 unspecified atom stereocenters. The second-order valence-corrected chi connectivity index (χ2v) is 4.68. The molecule has 15 heavy (non-hydrogen) atoms. The van der Waals surface area contributed by atoms with E-state index in [9.17, 15) is 9.18 Å². The van der Waals surface area contributed by atoms with Gasteiger partial charge in [-0.05, 0) is 20.8 Å². The average molecular weight is 219 g/mol. The quantitative estimate of drug-likeness (QED) is 0.672. The van der Waals surface area contributed by atoms with Crippen LogP contribution < -0.4 is 0 Å². The summed E-state index contributed by atoms with van der Waals surface area (Å²) in [7, 11) is 1.44. The number of ether oxygens (including phenoxy) is 2. The van der Waals surface area contributed by atoms with Gasteiger partial charge in [0.2, 0.25) is 0 Å². The molecule has 0 N–H and O–H groups in total. The van der Waals surface area contributed by atoms with Crippen LogP contribution in [0.4, 0.5) is 9.18 Å². The van der Waals surface area contributed by atoms with Crippen molar-refractivity contribution in [2.45, 2.75) is 38.6 Å². The minimum Gasteiger partial charge on any atom is -0.444 e. The van der Waals surface area contributed by atoms with Crippen LogP contribution in [0.15, 0.2) is 0 Å². The molecule has 88 valence electrons. The van der Waals surface area contributed by atoms with Crippen LogP contribution in [0.1, 0.15) is 20.8 Å². The summed E-state index contributed by atoms with van der Waals surface area (Å²) in [6.07, 6.45) is -2.13. The molecule has 1 rings (SSSR count). The summed E-state index contributed by atoms with van der Waals surface area (Å²) >= 11 is 0. The summed E-state index contributed by atoms with van der Waals surface area (Å²) < 4.78 is 23.3. The molecule has 1 heterocycles. The van der Waals surface area contributed by atoms with Crippen LogP contribution in [0, 0.1) is 0 Å². The van der Waals surface area contributed by atoms with Gasteiger partial charge in [-0.3, -0.25) is 0 Å². The number of halogens is 1. The van der Waals surface area contributed by atoms with E-state index in [1.54, 1.807) is 20.8 Å². The Bertz CT molecular complexity index is 239. The maximum atomic E-state index is 13.3. The summed E-state index contributed by atoms with van der Waals surface area (Å²) in [5, 5.41) is 0. The van der Waals surface area contributed by atoms with Crippen molar-refractivity contribution in [3.8, 4) is 0 Å². The largest absolute Gasteiger partial charge is 0.444 e. The Morgan fingerprint density at radius 1 is 1.40 bits per heavy atom. The zero-order valence-electron chi connectivity index (χ0n) is 9.62. The van der Waals surface area contributed by atoms with Gasteiger partial charge >= 0.3 is 6.09 Å². The highest BCUT2D eigenvalue weighted by molar-refractivity contribution is 5.68. The SMILES string of the molecule is CO[C@@H]1CN(C(=O)OC(C)(C)C)C[C@H]1F. The molecular formula is C10H18FNO3. The summed E-state index contributed by atoms with van der Waals surface area (Å²) in [5.74, 6) is 0. The number of nitrogens with zero attached hydrogens (tertiary/aromatic N) is 1. The number of carbonyl (C=O) groups excluding carboxylic acids is 1. The molecule has 2 atom stereocenters. The molecule has 0 aromatic heterocycles. The zero-order valence-corrected chi connectivity index (χ0v) is 9.62. The van der Waals surface area contributed by atoms with E-state index in [0.29, 0.717) is 0 Å². The van der Waals surface area contributed by atoms with E-state index in [1.165, 1.54) is 12.0 Å². The van der Waals surface area contributed by atoms with Gasteiger partial charge in [0.1, 0.15) is 17.9 Å². The van der Waals surface area contributed by atoms with Crippen LogP contribution in [-0.4, -0.2) is 49.1 Å². The molecule has 1 aliphatic rings. The molecule has 0 aliphatic carbocycles. The smallest absolute Gasteiger partial charge is 0.410 e. The third-order valence-electron chi connectivity index (χ3n) is 2.15. The summed E-state index contributed by atoms with van der Waals surface area (Å²) in [5.41, 5.74) is -0.548. The van der Waals surface area contributed by atoms with Gasteiger partial charge in [0.05, 0.1) is 13.1 Å². The van der Waals surface area contributed by atoms with E-state index in [0.717, 1.165) is 0 Å². The van der Waals surface area contributed by atoms with Gasteiger partial charge in [-0.25, -0.2) is 9.18 Å². The number of carbonyl (C=O) groups is 1. The highest BCUT2D eigenvalue weighted by Gasteiger charge is 2.37. The van der Waals surface area contributed by atoms with Crippen molar-refractivity contribution < 1.29 is 18.7 Å². The lowest BCUT2D eigenvalue weighted by atomic mass is 10.2. The monoisotopic (exact) mass is 219 g/mol. The Kier molecular flexibility index (Phi) is 3.54. The predicted molar refractivity (Wildman–Crippen MR) is 53.5 cm³/mol. The maximum Gasteiger partial charge on any atom is 0.410 e. The molecule has 0 radical (unpaired) electrons. The van der Waals surface area contributed by atoms with Gasteiger partial charge in [-0.1, -0.05) is 0 Å². The fourth-order valence-electron chi connectivity index (χ4n) is 1.43. The zero-order chi connectivity index (χ0) is 11.6. The first-order valence-electron chi connectivity index (χ1n) is 4.98. The Hall–Kier alpha value is -0.840. The molecule has 0 aromatic rings. The van der Waals surface area contributed by atoms with Crippen molar-refractivity contribution in [2.75, 3.05) is 20.2 Å². The normalized spacial score (nSPS) is 26.9. The molecule has 0 saturated carbocycles. The lowest BCUT2D eigenvalue weighted by molar-refractivity contribution is 0.0250. The van der Waals surface area contributed by atoms with E-state index >= 15 is 0 Å². The van der Waals surface area contributed by atoms with E-state index < -0.39 is 24.0 Å². The van der Waals surface area contributed by atoms with E-state index in [-0.39, 0.29) is 13.1 Å². The number of alkyl halides is 1. The van der Waals surface area contributed by atoms with Crippen LogP contribution in [0.3, 0.4) is 0 Å². The summed E-state index contributed by atoms with van der Waals surface area (Å²) in [4.78, 5) is 12.9. The molecular weight excluding hydrogens is 201 g/mol. The van der Waals surface area contributed by atoms with Crippen molar-refractivity contribution >= 4 is 6.09 Å². The lowest BCUT2D eigenvalue weighted by Crippen LogP contribution is -2.36. The van der Waals surface area contributed by atoms with Crippen molar-refractivity contribution in [1.29, 1.82) is 0 Å². The van der Waals surface area contributed by atoms with Crippen molar-refractivity contribution in [2.24, 2.45) is 0 Å². The Labute approximate surface area is 89.3 Å². The Morgan fingerprint density at radius 2 is 2.00 bits per heavy atom. The second kappa shape index (κ2) is 4.35. The first kappa shape index (κ1) is 12.2. The minimum absolute atomic E-state index is 0.0490. The van der Waals surface area contributed by atoms with Gasteiger partial charge in [0.25, 0.3) is 0 Å². The number of likely N-dealkylation sites (tertiary alicyclic amines) is 1. The van der Waals surface area contributed by atoms with Gasteiger partial charge in [-0.2, -0.15) is 0 Å². The van der Waals surface area contributed by atoms with Crippen molar-refractivity contribution in [3.05, 3.63) is 0 Å². The van der Waals surface area contributed by atoms with E-state index in [1.807, 2.05) is 0 Å². The molecule has 0 bridgehead atoms. The lowest BCUT2D eigenvalue weighted by Gasteiger charge is -2.24. The highest BCUT2D eigenvalue weighted by Crippen LogP contribution is 2.19. The first-order chi connectivity index (χ1) is 6.83.